The summed E-state index contributed by atoms with van der Waals surface area (Å²) in [6.45, 7) is -2.92. The minimum Gasteiger partial charge on any atom is -0.464 e. The van der Waals surface area contributed by atoms with E-state index in [9.17, 15) is 18.8 Å². The number of carbonyl (C=O) groups is 1. The number of hydrogen-bond acceptors (Lipinski definition) is 4. The van der Waals surface area contributed by atoms with Crippen LogP contribution in [0.4, 0.5) is 8.78 Å². The Bertz CT molecular complexity index is 873. The first-order valence-corrected chi connectivity index (χ1v) is 8.65. The van der Waals surface area contributed by atoms with Crippen LogP contribution in [0.3, 0.4) is 0 Å². The Morgan fingerprint density at radius 2 is 1.78 bits per heavy atom. The topological polar surface area (TPSA) is 73.1 Å². The molecule has 1 atom stereocenters. The smallest absolute Gasteiger partial charge is 0.348 e. The number of ether oxygens (including phenoxy) is 2. The Kier molecular flexibility index (Phi) is 5.98. The van der Waals surface area contributed by atoms with E-state index < -0.39 is 18.8 Å². The molecule has 0 spiro atoms. The highest BCUT2D eigenvalue weighted by Gasteiger charge is 2.35. The second-order valence-electron chi connectivity index (χ2n) is 5.84. The quantitative estimate of drug-likeness (QED) is 0.565. The Morgan fingerprint density at radius 1 is 1.19 bits per heavy atom. The van der Waals surface area contributed by atoms with Crippen molar-refractivity contribution >= 4 is 29.1 Å². The fraction of sp³-hybridized carbons (Fsp3) is 0.294. The summed E-state index contributed by atoms with van der Waals surface area (Å²) in [6.07, 6.45) is 2.77. The van der Waals surface area contributed by atoms with E-state index in [0.717, 1.165) is 25.2 Å². The molecule has 10 heteroatoms. The summed E-state index contributed by atoms with van der Waals surface area (Å²) in [5.41, 5.74) is 0.216. The lowest BCUT2D eigenvalue weighted by atomic mass is 10.2. The van der Waals surface area contributed by atoms with Gasteiger partial charge in [0.1, 0.15) is 11.1 Å². The maximum Gasteiger partial charge on any atom is 0.348 e. The van der Waals surface area contributed by atoms with E-state index in [1.54, 1.807) is 0 Å². The minimum atomic E-state index is -2.92. The molecular formula is C17H14Cl2F2N2O4. The predicted molar refractivity (Wildman–Crippen MR) is 92.2 cm³/mol. The molecule has 144 valence electrons. The Hall–Kier alpha value is -2.16. The van der Waals surface area contributed by atoms with Gasteiger partial charge in [-0.25, -0.2) is 4.99 Å². The van der Waals surface area contributed by atoms with E-state index in [0.29, 0.717) is 10.5 Å². The molecule has 0 saturated heterocycles. The zero-order valence-electron chi connectivity index (χ0n) is 13.7. The number of alkyl halides is 2. The van der Waals surface area contributed by atoms with Crippen molar-refractivity contribution in [1.29, 1.82) is 0 Å². The first kappa shape index (κ1) is 19.6. The van der Waals surface area contributed by atoms with E-state index in [1.165, 1.54) is 24.3 Å². The molecule has 1 heterocycles. The van der Waals surface area contributed by atoms with Crippen LogP contribution in [0.25, 0.3) is 0 Å². The van der Waals surface area contributed by atoms with Crippen LogP contribution in [0.15, 0.2) is 41.7 Å². The summed E-state index contributed by atoms with van der Waals surface area (Å²) < 4.78 is 35.5. The molecule has 27 heavy (non-hydrogen) atoms. The van der Waals surface area contributed by atoms with Crippen molar-refractivity contribution < 1.29 is 28.3 Å². The molecule has 1 unspecified atom stereocenters. The molecule has 6 nitrogen and oxygen atoms in total. The lowest BCUT2D eigenvalue weighted by molar-refractivity contribution is -0.224. The zero-order valence-corrected chi connectivity index (χ0v) is 15.2. The van der Waals surface area contributed by atoms with Crippen molar-refractivity contribution in [3.63, 3.8) is 0 Å². The molecule has 2 aromatic rings. The van der Waals surface area contributed by atoms with Gasteiger partial charge < -0.3 is 9.94 Å². The molecule has 1 aromatic heterocycles. The summed E-state index contributed by atoms with van der Waals surface area (Å²) in [6, 6.07) is 5.79. The first-order chi connectivity index (χ1) is 12.8. The highest BCUT2D eigenvalue weighted by molar-refractivity contribution is 6.34. The standard InChI is InChI=1S/C17H14Cl2F2N2O4/c18-12-7-23(25)8-13(19)14(12)22-15(24)9-3-5-11(6-4-9)26-16(10-1-2-10)27-17(20)21/h3-8,10,16-17,25H,1-2H2. The Labute approximate surface area is 162 Å². The van der Waals surface area contributed by atoms with Crippen molar-refractivity contribution in [2.45, 2.75) is 25.7 Å². The maximum atomic E-state index is 12.4. The molecule has 0 radical (unpaired) electrons. The number of amides is 1. The summed E-state index contributed by atoms with van der Waals surface area (Å²) >= 11 is 11.8. The highest BCUT2D eigenvalue weighted by Crippen LogP contribution is 2.36. The number of carbonyl (C=O) groups excluding carboxylic acids is 1. The van der Waals surface area contributed by atoms with Gasteiger partial charge in [0.05, 0.1) is 22.4 Å². The van der Waals surface area contributed by atoms with Crippen LogP contribution in [0.1, 0.15) is 23.2 Å². The maximum absolute atomic E-state index is 12.4. The zero-order chi connectivity index (χ0) is 19.6. The third-order valence-electron chi connectivity index (χ3n) is 3.75. The van der Waals surface area contributed by atoms with E-state index in [1.807, 2.05) is 0 Å². The molecular weight excluding hydrogens is 405 g/mol. The average Bonchev–Trinajstić information content (AvgIpc) is 3.42. The summed E-state index contributed by atoms with van der Waals surface area (Å²) in [5.74, 6) is -0.392. The number of nitrogens with zero attached hydrogens (tertiary/aromatic N) is 2. The van der Waals surface area contributed by atoms with Gasteiger partial charge in [0.2, 0.25) is 6.29 Å². The van der Waals surface area contributed by atoms with E-state index in [4.69, 9.17) is 27.9 Å². The normalized spacial score (nSPS) is 14.9. The molecule has 1 aliphatic rings. The van der Waals surface area contributed by atoms with Crippen LogP contribution in [0, 0.1) is 5.92 Å². The van der Waals surface area contributed by atoms with Crippen molar-refractivity contribution in [3.05, 3.63) is 57.6 Å². The van der Waals surface area contributed by atoms with Crippen LogP contribution in [-0.4, -0.2) is 28.7 Å². The fourth-order valence-corrected chi connectivity index (χ4v) is 2.83. The summed E-state index contributed by atoms with van der Waals surface area (Å²) in [7, 11) is 0. The Morgan fingerprint density at radius 3 is 2.30 bits per heavy atom. The molecule has 3 rings (SSSR count). The van der Waals surface area contributed by atoms with Gasteiger partial charge in [-0.05, 0) is 37.1 Å². The van der Waals surface area contributed by atoms with Crippen molar-refractivity contribution in [2.24, 2.45) is 10.9 Å². The van der Waals surface area contributed by atoms with Gasteiger partial charge in [0.25, 0.3) is 5.91 Å². The average molecular weight is 419 g/mol. The lowest BCUT2D eigenvalue weighted by Gasteiger charge is -2.18. The van der Waals surface area contributed by atoms with Crippen LogP contribution >= 0.6 is 23.2 Å². The number of hydrogen-bond donors (Lipinski definition) is 1. The number of rotatable bonds is 6. The van der Waals surface area contributed by atoms with Gasteiger partial charge in [-0.2, -0.15) is 13.5 Å². The Balaban J connectivity index is 1.75. The molecule has 1 N–H and O–H groups in total. The number of benzene rings is 1. The van der Waals surface area contributed by atoms with E-state index >= 15 is 0 Å². The third-order valence-corrected chi connectivity index (χ3v) is 4.31. The largest absolute Gasteiger partial charge is 0.464 e. The van der Waals surface area contributed by atoms with Gasteiger partial charge in [0.15, 0.2) is 0 Å². The molecule has 1 fully saturated rings. The number of halogens is 4. The van der Waals surface area contributed by atoms with Gasteiger partial charge >= 0.3 is 6.61 Å². The fourth-order valence-electron chi connectivity index (χ4n) is 2.29. The van der Waals surface area contributed by atoms with Crippen LogP contribution < -0.4 is 10.1 Å². The van der Waals surface area contributed by atoms with Gasteiger partial charge in [0, 0.05) is 11.5 Å². The monoisotopic (exact) mass is 418 g/mol. The second-order valence-corrected chi connectivity index (χ2v) is 6.66. The van der Waals surface area contributed by atoms with Crippen molar-refractivity contribution in [1.82, 2.24) is 4.73 Å². The van der Waals surface area contributed by atoms with E-state index in [2.05, 4.69) is 9.73 Å². The van der Waals surface area contributed by atoms with E-state index in [-0.39, 0.29) is 26.9 Å². The van der Waals surface area contributed by atoms with Gasteiger partial charge in [-0.3, -0.25) is 9.53 Å². The molecule has 1 aromatic carbocycles. The molecule has 1 saturated carbocycles. The first-order valence-electron chi connectivity index (χ1n) is 7.89. The van der Waals surface area contributed by atoms with Crippen molar-refractivity contribution in [3.8, 4) is 5.75 Å². The number of pyridine rings is 1. The van der Waals surface area contributed by atoms with Gasteiger partial charge in [-0.15, -0.1) is 0 Å². The molecule has 0 aliphatic heterocycles. The van der Waals surface area contributed by atoms with Gasteiger partial charge in [-0.1, -0.05) is 23.2 Å². The van der Waals surface area contributed by atoms with Crippen molar-refractivity contribution in [2.75, 3.05) is 0 Å². The van der Waals surface area contributed by atoms with Crippen LogP contribution in [0.2, 0.25) is 10.0 Å². The minimum absolute atomic E-state index is 0.00488. The molecule has 1 amide bonds. The lowest BCUT2D eigenvalue weighted by Crippen LogP contribution is -2.25. The SMILES string of the molecule is O=C(N=c1c(Cl)cn(O)cc1Cl)c1ccc(OC(OC(F)F)C2CC2)cc1. The number of aromatic nitrogens is 1. The second kappa shape index (κ2) is 8.24. The third kappa shape index (κ3) is 5.18. The summed E-state index contributed by atoms with van der Waals surface area (Å²) in [5, 5.41) is 9.33. The predicted octanol–water partition coefficient (Wildman–Crippen LogP) is 4.13. The molecule has 0 bridgehead atoms. The molecule has 1 aliphatic carbocycles. The van der Waals surface area contributed by atoms with Crippen LogP contribution in [0.5, 0.6) is 5.75 Å². The highest BCUT2D eigenvalue weighted by atomic mass is 35.5. The van der Waals surface area contributed by atoms with Crippen LogP contribution in [-0.2, 0) is 4.74 Å². The summed E-state index contributed by atoms with van der Waals surface area (Å²) in [4.78, 5) is 16.1.